The quantitative estimate of drug-likeness (QED) is 0.251. The summed E-state index contributed by atoms with van der Waals surface area (Å²) in [4.78, 5) is 22.5. The van der Waals surface area contributed by atoms with Gasteiger partial charge in [0.25, 0.3) is 0 Å². The van der Waals surface area contributed by atoms with Gasteiger partial charge in [0.1, 0.15) is 17.2 Å². The van der Waals surface area contributed by atoms with E-state index in [0.29, 0.717) is 11.4 Å². The topological polar surface area (TPSA) is 45.7 Å². The maximum Gasteiger partial charge on any atom is 0.342 e. The van der Waals surface area contributed by atoms with Crippen molar-refractivity contribution < 1.29 is 13.9 Å². The average Bonchev–Trinajstić information content (AvgIpc) is 2.95. The van der Waals surface area contributed by atoms with Crippen LogP contribution in [-0.2, 0) is 17.7 Å². The van der Waals surface area contributed by atoms with Gasteiger partial charge in [-0.3, -0.25) is 4.90 Å². The van der Waals surface area contributed by atoms with Crippen LogP contribution in [0.25, 0.3) is 11.1 Å². The summed E-state index contributed by atoms with van der Waals surface area (Å²) in [7, 11) is 0. The Kier molecular flexibility index (Phi) is 8.33. The van der Waals surface area contributed by atoms with Crippen LogP contribution in [0, 0.1) is 5.82 Å². The number of halogens is 1. The lowest BCUT2D eigenvalue weighted by atomic mass is 10.00. The zero-order valence-electron chi connectivity index (χ0n) is 22.5. The number of hydrogen-bond donors (Lipinski definition) is 0. The van der Waals surface area contributed by atoms with Gasteiger partial charge in [-0.15, -0.1) is 0 Å². The molecule has 0 unspecified atom stereocenters. The highest BCUT2D eigenvalue weighted by Gasteiger charge is 2.27. The fourth-order valence-electron chi connectivity index (χ4n) is 5.00. The van der Waals surface area contributed by atoms with Crippen LogP contribution in [0.1, 0.15) is 40.9 Å². The maximum atomic E-state index is 13.3. The van der Waals surface area contributed by atoms with Gasteiger partial charge in [0.2, 0.25) is 0 Å². The molecule has 1 aromatic heterocycles. The molecule has 3 aromatic carbocycles. The highest BCUT2D eigenvalue weighted by Crippen LogP contribution is 2.31. The zero-order chi connectivity index (χ0) is 27.2. The summed E-state index contributed by atoms with van der Waals surface area (Å²) >= 11 is 0. The molecule has 0 spiro atoms. The van der Waals surface area contributed by atoms with Crippen molar-refractivity contribution in [3.8, 4) is 11.1 Å². The van der Waals surface area contributed by atoms with Crippen molar-refractivity contribution in [2.45, 2.75) is 32.9 Å². The maximum absolute atomic E-state index is 13.3. The second kappa shape index (κ2) is 12.2. The second-order valence-corrected chi connectivity index (χ2v) is 10.3. The normalized spacial score (nSPS) is 14.0. The molecule has 5 nitrogen and oxygen atoms in total. The number of carbonyl (C=O) groups excluding carboxylic acids is 1. The van der Waals surface area contributed by atoms with E-state index in [1.165, 1.54) is 23.3 Å². The smallest absolute Gasteiger partial charge is 0.342 e. The van der Waals surface area contributed by atoms with Crippen molar-refractivity contribution in [3.05, 3.63) is 119 Å². The van der Waals surface area contributed by atoms with Gasteiger partial charge in [-0.25, -0.2) is 14.2 Å². The lowest BCUT2D eigenvalue weighted by Crippen LogP contribution is -2.46. The standard InChI is InChI=1S/C33H34FN3O2/c1-24(2)39-33(38)31-30(28-6-4-3-5-7-28)16-17-35-32(31)37-20-18-36(19-21-37)23-27-10-8-25(9-11-27)22-26-12-14-29(34)15-13-26/h3-17,24H,18-23H2,1-2H3. The number of carbonyl (C=O) groups is 1. The fraction of sp³-hybridized carbons (Fsp3) is 0.273. The van der Waals surface area contributed by atoms with Crippen molar-refractivity contribution in [2.24, 2.45) is 0 Å². The molecule has 5 rings (SSSR count). The van der Waals surface area contributed by atoms with E-state index in [4.69, 9.17) is 4.74 Å². The van der Waals surface area contributed by atoms with Crippen LogP contribution in [0.3, 0.4) is 0 Å². The minimum atomic E-state index is -0.338. The Balaban J connectivity index is 1.26. The number of hydrogen-bond acceptors (Lipinski definition) is 5. The third-order valence-electron chi connectivity index (χ3n) is 6.99. The molecular formula is C33H34FN3O2. The average molecular weight is 524 g/mol. The first-order valence-electron chi connectivity index (χ1n) is 13.5. The molecule has 200 valence electrons. The van der Waals surface area contributed by atoms with Crippen molar-refractivity contribution in [2.75, 3.05) is 31.1 Å². The number of anilines is 1. The number of aromatic nitrogens is 1. The van der Waals surface area contributed by atoms with Gasteiger partial charge >= 0.3 is 5.97 Å². The molecule has 1 aliphatic rings. The minimum absolute atomic E-state index is 0.208. The van der Waals surface area contributed by atoms with E-state index in [0.717, 1.165) is 55.8 Å². The van der Waals surface area contributed by atoms with E-state index in [1.54, 1.807) is 6.20 Å². The van der Waals surface area contributed by atoms with Crippen LogP contribution in [-0.4, -0.2) is 48.1 Å². The summed E-state index contributed by atoms with van der Waals surface area (Å²) in [5, 5.41) is 0. The molecule has 1 aliphatic heterocycles. The molecule has 0 N–H and O–H groups in total. The van der Waals surface area contributed by atoms with Gasteiger partial charge < -0.3 is 9.64 Å². The summed E-state index contributed by atoms with van der Waals surface area (Å²) in [5.41, 5.74) is 5.91. The van der Waals surface area contributed by atoms with E-state index in [1.807, 2.05) is 62.4 Å². The fourth-order valence-corrected chi connectivity index (χ4v) is 5.00. The zero-order valence-corrected chi connectivity index (χ0v) is 22.5. The van der Waals surface area contributed by atoms with Crippen LogP contribution in [0.15, 0.2) is 91.1 Å². The number of benzene rings is 3. The predicted molar refractivity (Wildman–Crippen MR) is 153 cm³/mol. The van der Waals surface area contributed by atoms with Gasteiger partial charge in [0, 0.05) is 44.5 Å². The summed E-state index contributed by atoms with van der Waals surface area (Å²) < 4.78 is 18.8. The molecule has 0 saturated carbocycles. The van der Waals surface area contributed by atoms with Crippen LogP contribution in [0.2, 0.25) is 0 Å². The number of rotatable bonds is 8. The summed E-state index contributed by atoms with van der Waals surface area (Å²) in [5.74, 6) is 0.141. The first kappa shape index (κ1) is 26.6. The molecule has 6 heteroatoms. The van der Waals surface area contributed by atoms with Crippen LogP contribution >= 0.6 is 0 Å². The minimum Gasteiger partial charge on any atom is -0.459 e. The van der Waals surface area contributed by atoms with Crippen LogP contribution in [0.5, 0.6) is 0 Å². The predicted octanol–water partition coefficient (Wildman–Crippen LogP) is 6.37. The van der Waals surface area contributed by atoms with Crippen molar-refractivity contribution >= 4 is 11.8 Å². The van der Waals surface area contributed by atoms with Crippen molar-refractivity contribution in [1.82, 2.24) is 9.88 Å². The Morgan fingerprint density at radius 3 is 2.10 bits per heavy atom. The number of nitrogens with zero attached hydrogens (tertiary/aromatic N) is 3. The van der Waals surface area contributed by atoms with Crippen LogP contribution < -0.4 is 4.90 Å². The molecule has 2 heterocycles. The SMILES string of the molecule is CC(C)OC(=O)c1c(-c2ccccc2)ccnc1N1CCN(Cc2ccc(Cc3ccc(F)cc3)cc2)CC1. The Labute approximate surface area is 229 Å². The van der Waals surface area contributed by atoms with Gasteiger partial charge in [-0.1, -0.05) is 66.7 Å². The van der Waals surface area contributed by atoms with E-state index in [9.17, 15) is 9.18 Å². The van der Waals surface area contributed by atoms with E-state index >= 15 is 0 Å². The number of piperazine rings is 1. The molecule has 39 heavy (non-hydrogen) atoms. The van der Waals surface area contributed by atoms with E-state index < -0.39 is 0 Å². The highest BCUT2D eigenvalue weighted by molar-refractivity contribution is 6.02. The van der Waals surface area contributed by atoms with Gasteiger partial charge in [0.05, 0.1) is 6.10 Å². The lowest BCUT2D eigenvalue weighted by molar-refractivity contribution is 0.0379. The van der Waals surface area contributed by atoms with Gasteiger partial charge in [-0.2, -0.15) is 0 Å². The third kappa shape index (κ3) is 6.70. The number of esters is 1. The Bertz CT molecular complexity index is 1380. The molecule has 0 bridgehead atoms. The molecule has 1 saturated heterocycles. The first-order chi connectivity index (χ1) is 19.0. The molecule has 0 radical (unpaired) electrons. The first-order valence-corrected chi connectivity index (χ1v) is 13.5. The summed E-state index contributed by atoms with van der Waals surface area (Å²) in [6.45, 7) is 7.88. The van der Waals surface area contributed by atoms with Crippen molar-refractivity contribution in [1.29, 1.82) is 0 Å². The lowest BCUT2D eigenvalue weighted by Gasteiger charge is -2.36. The van der Waals surface area contributed by atoms with Gasteiger partial charge in [-0.05, 0) is 60.7 Å². The summed E-state index contributed by atoms with van der Waals surface area (Å²) in [6, 6.07) is 27.2. The Hall–Kier alpha value is -4.03. The van der Waals surface area contributed by atoms with E-state index in [2.05, 4.69) is 39.0 Å². The van der Waals surface area contributed by atoms with Crippen molar-refractivity contribution in [3.63, 3.8) is 0 Å². The van der Waals surface area contributed by atoms with Gasteiger partial charge in [0.15, 0.2) is 0 Å². The largest absolute Gasteiger partial charge is 0.459 e. The third-order valence-corrected chi connectivity index (χ3v) is 6.99. The molecule has 4 aromatic rings. The highest BCUT2D eigenvalue weighted by atomic mass is 19.1. The molecular weight excluding hydrogens is 489 g/mol. The Morgan fingerprint density at radius 2 is 1.46 bits per heavy atom. The monoisotopic (exact) mass is 523 g/mol. The van der Waals surface area contributed by atoms with Crippen LogP contribution in [0.4, 0.5) is 10.2 Å². The number of pyridine rings is 1. The molecule has 1 fully saturated rings. The molecule has 0 aliphatic carbocycles. The number of ether oxygens (including phenoxy) is 1. The molecule has 0 atom stereocenters. The molecule has 0 amide bonds. The summed E-state index contributed by atoms with van der Waals surface area (Å²) in [6.07, 6.45) is 2.35. The second-order valence-electron chi connectivity index (χ2n) is 10.3. The van der Waals surface area contributed by atoms with E-state index in [-0.39, 0.29) is 17.9 Å². The Morgan fingerprint density at radius 1 is 0.846 bits per heavy atom.